The van der Waals surface area contributed by atoms with Crippen LogP contribution in [0.2, 0.25) is 0 Å². The first kappa shape index (κ1) is 8.11. The van der Waals surface area contributed by atoms with Crippen molar-refractivity contribution in [1.29, 1.82) is 0 Å². The highest BCUT2D eigenvalue weighted by Gasteiger charge is 2.03. The zero-order valence-corrected chi connectivity index (χ0v) is 7.88. The quantitative estimate of drug-likeness (QED) is 0.556. The third-order valence-corrected chi connectivity index (χ3v) is 2.36. The fraction of sp³-hybridized carbons (Fsp3) is 0. The number of pyridine rings is 1. The number of nitrogen functional groups attached to an aromatic ring is 1. The summed E-state index contributed by atoms with van der Waals surface area (Å²) in [7, 11) is 0. The Labute approximate surface area is 85.8 Å². The van der Waals surface area contributed by atoms with Crippen molar-refractivity contribution in [2.75, 3.05) is 5.73 Å². The maximum Gasteiger partial charge on any atom is 0.165 e. The molecule has 2 N–H and O–H groups in total. The van der Waals surface area contributed by atoms with Gasteiger partial charge >= 0.3 is 0 Å². The van der Waals surface area contributed by atoms with Crippen LogP contribution in [0.5, 0.6) is 0 Å². The Bertz CT molecular complexity index is 648. The predicted octanol–water partition coefficient (Wildman–Crippen LogP) is 1.76. The van der Waals surface area contributed by atoms with Crippen molar-refractivity contribution in [3.05, 3.63) is 36.7 Å². The molecule has 0 atom stereocenters. The summed E-state index contributed by atoms with van der Waals surface area (Å²) in [6.07, 6.45) is 1.43. The molecule has 0 saturated heterocycles. The molecule has 1 aromatic carbocycles. The Balaban J connectivity index is 2.53. The van der Waals surface area contributed by atoms with Crippen LogP contribution >= 0.6 is 0 Å². The molecular weight excluding hydrogens is 188 g/mol. The summed E-state index contributed by atoms with van der Waals surface area (Å²) in [6, 6.07) is 9.83. The van der Waals surface area contributed by atoms with Gasteiger partial charge in [-0.3, -0.25) is 0 Å². The van der Waals surface area contributed by atoms with Crippen molar-refractivity contribution in [3.8, 4) is 0 Å². The summed E-state index contributed by atoms with van der Waals surface area (Å²) >= 11 is 0. The minimum absolute atomic E-state index is 0.471. The highest BCUT2D eigenvalue weighted by Crippen LogP contribution is 2.20. The van der Waals surface area contributed by atoms with Gasteiger partial charge in [0.15, 0.2) is 5.65 Å². The number of hydrogen-bond acceptors (Lipinski definition) is 4. The van der Waals surface area contributed by atoms with Crippen LogP contribution in [-0.4, -0.2) is 15.0 Å². The highest BCUT2D eigenvalue weighted by atomic mass is 15.0. The Morgan fingerprint density at radius 2 is 1.93 bits per heavy atom. The summed E-state index contributed by atoms with van der Waals surface area (Å²) in [5, 5.41) is 1.85. The lowest BCUT2D eigenvalue weighted by Gasteiger charge is -2.01. The molecule has 4 nitrogen and oxygen atoms in total. The first-order chi connectivity index (χ1) is 7.34. The minimum atomic E-state index is 0.471. The average molecular weight is 196 g/mol. The standard InChI is InChI=1S/C11H8N4/c12-10-8-5-7-3-1-2-4-9(7)15-11(8)14-6-13-10/h1-6H,(H2,12,13,14,15). The van der Waals surface area contributed by atoms with Crippen LogP contribution in [-0.2, 0) is 0 Å². The maximum atomic E-state index is 5.76. The van der Waals surface area contributed by atoms with Gasteiger partial charge in [0.25, 0.3) is 0 Å². The van der Waals surface area contributed by atoms with E-state index in [0.29, 0.717) is 11.5 Å². The van der Waals surface area contributed by atoms with Crippen LogP contribution in [0, 0.1) is 0 Å². The SMILES string of the molecule is Nc1ncnc2nc3ccccc3cc12. The molecule has 0 amide bonds. The third-order valence-electron chi connectivity index (χ3n) is 2.36. The smallest absolute Gasteiger partial charge is 0.165 e. The van der Waals surface area contributed by atoms with Gasteiger partial charge in [0.05, 0.1) is 10.9 Å². The number of fused-ring (bicyclic) bond motifs is 2. The molecule has 0 bridgehead atoms. The van der Waals surface area contributed by atoms with Crippen LogP contribution in [0.25, 0.3) is 21.9 Å². The van der Waals surface area contributed by atoms with E-state index in [2.05, 4.69) is 15.0 Å². The summed E-state index contributed by atoms with van der Waals surface area (Å²) in [5.41, 5.74) is 7.32. The Morgan fingerprint density at radius 3 is 2.87 bits per heavy atom. The molecule has 0 aliphatic heterocycles. The summed E-state index contributed by atoms with van der Waals surface area (Å²) in [4.78, 5) is 12.4. The van der Waals surface area contributed by atoms with E-state index < -0.39 is 0 Å². The van der Waals surface area contributed by atoms with E-state index >= 15 is 0 Å². The Hall–Kier alpha value is -2.23. The van der Waals surface area contributed by atoms with Crippen LogP contribution in [0.1, 0.15) is 0 Å². The molecule has 0 spiro atoms. The van der Waals surface area contributed by atoms with Crippen molar-refractivity contribution >= 4 is 27.8 Å². The summed E-state index contributed by atoms with van der Waals surface area (Å²) in [5.74, 6) is 0.471. The van der Waals surface area contributed by atoms with Gasteiger partial charge in [-0.05, 0) is 12.1 Å². The lowest BCUT2D eigenvalue weighted by atomic mass is 10.2. The van der Waals surface area contributed by atoms with E-state index in [4.69, 9.17) is 5.73 Å². The van der Waals surface area contributed by atoms with Crippen molar-refractivity contribution in [2.45, 2.75) is 0 Å². The molecule has 15 heavy (non-hydrogen) atoms. The molecule has 2 heterocycles. The number of anilines is 1. The topological polar surface area (TPSA) is 64.7 Å². The number of para-hydroxylation sites is 1. The van der Waals surface area contributed by atoms with Crippen LogP contribution in [0.15, 0.2) is 36.7 Å². The van der Waals surface area contributed by atoms with E-state index in [1.807, 2.05) is 30.3 Å². The zero-order valence-electron chi connectivity index (χ0n) is 7.88. The van der Waals surface area contributed by atoms with Crippen LogP contribution < -0.4 is 5.73 Å². The second kappa shape index (κ2) is 2.88. The van der Waals surface area contributed by atoms with Crippen molar-refractivity contribution in [2.24, 2.45) is 0 Å². The molecule has 0 fully saturated rings. The fourth-order valence-electron chi connectivity index (χ4n) is 1.61. The van der Waals surface area contributed by atoms with Crippen LogP contribution in [0.3, 0.4) is 0 Å². The van der Waals surface area contributed by atoms with Gasteiger partial charge in [0.1, 0.15) is 12.1 Å². The lowest BCUT2D eigenvalue weighted by Crippen LogP contribution is -1.94. The normalized spacial score (nSPS) is 10.9. The lowest BCUT2D eigenvalue weighted by molar-refractivity contribution is 1.20. The highest BCUT2D eigenvalue weighted by molar-refractivity contribution is 5.95. The number of benzene rings is 1. The van der Waals surface area contributed by atoms with Gasteiger partial charge in [0.2, 0.25) is 0 Å². The van der Waals surface area contributed by atoms with Crippen LogP contribution in [0.4, 0.5) is 5.82 Å². The van der Waals surface area contributed by atoms with Crippen molar-refractivity contribution < 1.29 is 0 Å². The second-order valence-corrected chi connectivity index (χ2v) is 3.31. The molecule has 3 aromatic rings. The average Bonchev–Trinajstić information content (AvgIpc) is 2.27. The van der Waals surface area contributed by atoms with Crippen molar-refractivity contribution in [1.82, 2.24) is 15.0 Å². The molecule has 0 aliphatic rings. The monoisotopic (exact) mass is 196 g/mol. The third kappa shape index (κ3) is 1.19. The Morgan fingerprint density at radius 1 is 1.07 bits per heavy atom. The van der Waals surface area contributed by atoms with Gasteiger partial charge in [-0.15, -0.1) is 0 Å². The number of aromatic nitrogens is 3. The molecule has 0 radical (unpaired) electrons. The number of rotatable bonds is 0. The summed E-state index contributed by atoms with van der Waals surface area (Å²) < 4.78 is 0. The van der Waals surface area contributed by atoms with Gasteiger partial charge in [0, 0.05) is 5.39 Å². The molecule has 4 heteroatoms. The predicted molar refractivity (Wildman–Crippen MR) is 59.3 cm³/mol. The van der Waals surface area contributed by atoms with E-state index in [0.717, 1.165) is 16.3 Å². The zero-order chi connectivity index (χ0) is 10.3. The second-order valence-electron chi connectivity index (χ2n) is 3.31. The Kier molecular flexibility index (Phi) is 1.56. The number of nitrogens with two attached hydrogens (primary N) is 1. The molecule has 0 saturated carbocycles. The van der Waals surface area contributed by atoms with E-state index in [1.165, 1.54) is 6.33 Å². The molecular formula is C11H8N4. The van der Waals surface area contributed by atoms with Gasteiger partial charge in [-0.25, -0.2) is 15.0 Å². The fourth-order valence-corrected chi connectivity index (χ4v) is 1.61. The van der Waals surface area contributed by atoms with Crippen molar-refractivity contribution in [3.63, 3.8) is 0 Å². The first-order valence-corrected chi connectivity index (χ1v) is 4.60. The minimum Gasteiger partial charge on any atom is -0.383 e. The molecule has 0 unspecified atom stereocenters. The van der Waals surface area contributed by atoms with Gasteiger partial charge in [-0.1, -0.05) is 18.2 Å². The number of hydrogen-bond donors (Lipinski definition) is 1. The first-order valence-electron chi connectivity index (χ1n) is 4.60. The molecule has 0 aliphatic carbocycles. The van der Waals surface area contributed by atoms with Gasteiger partial charge < -0.3 is 5.73 Å². The molecule has 2 aromatic heterocycles. The maximum absolute atomic E-state index is 5.76. The largest absolute Gasteiger partial charge is 0.383 e. The summed E-state index contributed by atoms with van der Waals surface area (Å²) in [6.45, 7) is 0. The van der Waals surface area contributed by atoms with E-state index in [-0.39, 0.29) is 0 Å². The van der Waals surface area contributed by atoms with E-state index in [1.54, 1.807) is 0 Å². The molecule has 72 valence electrons. The van der Waals surface area contributed by atoms with E-state index in [9.17, 15) is 0 Å². The van der Waals surface area contributed by atoms with Gasteiger partial charge in [-0.2, -0.15) is 0 Å². The molecule has 3 rings (SSSR count). The number of nitrogens with zero attached hydrogens (tertiary/aromatic N) is 3.